The topological polar surface area (TPSA) is 59.3 Å². The quantitative estimate of drug-likeness (QED) is 0.453. The minimum absolute atomic E-state index is 1.15. The van der Waals surface area contributed by atoms with E-state index in [1.54, 1.807) is 0 Å². The van der Waals surface area contributed by atoms with Gasteiger partial charge in [0.25, 0.3) is 0 Å². The molecule has 0 saturated heterocycles. The summed E-state index contributed by atoms with van der Waals surface area (Å²) in [5, 5.41) is 0. The van der Waals surface area contributed by atoms with Gasteiger partial charge in [0.05, 0.1) is 0 Å². The number of nitrogens with zero attached hydrogens (tertiary/aromatic N) is 1. The Morgan fingerprint density at radius 2 is 1.68 bits per heavy atom. The lowest BCUT2D eigenvalue weighted by molar-refractivity contribution is -0.0510. The average molecular weight is 343 g/mol. The van der Waals surface area contributed by atoms with Crippen molar-refractivity contribution in [3.8, 4) is 0 Å². The molecular weight excluding hydrogens is 319 g/mol. The number of aromatic nitrogens is 1. The molecule has 0 aliphatic carbocycles. The highest BCUT2D eigenvalue weighted by molar-refractivity contribution is 7.86. The first-order valence-electron chi connectivity index (χ1n) is 7.31. The molecule has 0 fully saturated rings. The lowest BCUT2D eigenvalue weighted by Gasteiger charge is -2.07. The summed E-state index contributed by atoms with van der Waals surface area (Å²) in [5.41, 5.74) is -4.06. The van der Waals surface area contributed by atoms with Crippen LogP contribution in [0, 0.1) is 0 Å². The summed E-state index contributed by atoms with van der Waals surface area (Å²) in [5.74, 6) is 0. The molecule has 0 spiro atoms. The summed E-state index contributed by atoms with van der Waals surface area (Å²) in [7, 11) is -5.84. The third kappa shape index (κ3) is 8.43. The lowest BCUT2D eigenvalue weighted by atomic mass is 10.1. The van der Waals surface area contributed by atoms with Crippen molar-refractivity contribution in [3.63, 3.8) is 0 Å². The van der Waals surface area contributed by atoms with Gasteiger partial charge in [0.1, 0.15) is 0 Å². The van der Waals surface area contributed by atoms with Crippen LogP contribution in [-0.4, -0.2) is 23.0 Å². The molecule has 130 valence electrons. The van der Waals surface area contributed by atoms with Gasteiger partial charge in [-0.05, 0) is 25.0 Å². The maximum atomic E-state index is 10.7. The maximum absolute atomic E-state index is 10.7. The van der Waals surface area contributed by atoms with Crippen molar-refractivity contribution in [3.05, 3.63) is 24.0 Å². The van der Waals surface area contributed by atoms with Crippen LogP contribution < -0.4 is 0 Å². The molecule has 0 saturated carbocycles. The fourth-order valence-corrected chi connectivity index (χ4v) is 1.87. The van der Waals surface area contributed by atoms with Crippen LogP contribution in [0.4, 0.5) is 13.2 Å². The predicted molar refractivity (Wildman–Crippen MR) is 80.2 cm³/mol. The van der Waals surface area contributed by atoms with Gasteiger partial charge in [0.2, 0.25) is 0 Å². The Balaban J connectivity index is 0.000000472. The van der Waals surface area contributed by atoms with Crippen molar-refractivity contribution in [2.24, 2.45) is 0 Å². The van der Waals surface area contributed by atoms with Crippen molar-refractivity contribution in [2.45, 2.75) is 64.4 Å². The maximum Gasteiger partial charge on any atom is 0.522 e. The monoisotopic (exact) mass is 343 g/mol. The van der Waals surface area contributed by atoms with E-state index in [1.165, 1.54) is 44.3 Å². The first kappa shape index (κ1) is 21.0. The van der Waals surface area contributed by atoms with Gasteiger partial charge in [0.15, 0.2) is 0 Å². The molecule has 1 N–H and O–H groups in total. The van der Waals surface area contributed by atoms with Crippen LogP contribution in [0.1, 0.15) is 51.6 Å². The molecule has 0 unspecified atom stereocenters. The third-order valence-electron chi connectivity index (χ3n) is 3.08. The molecule has 22 heavy (non-hydrogen) atoms. The van der Waals surface area contributed by atoms with E-state index >= 15 is 0 Å². The van der Waals surface area contributed by atoms with Gasteiger partial charge in [-0.15, -0.1) is 0 Å². The average Bonchev–Trinajstić information content (AvgIpc) is 2.84. The largest absolute Gasteiger partial charge is 0.522 e. The molecule has 0 aliphatic rings. The summed E-state index contributed by atoms with van der Waals surface area (Å²) in [6, 6.07) is 4.39. The van der Waals surface area contributed by atoms with E-state index in [9.17, 15) is 13.2 Å². The Bertz CT molecular complexity index is 510. The van der Waals surface area contributed by atoms with E-state index in [4.69, 9.17) is 13.0 Å². The van der Waals surface area contributed by atoms with E-state index in [0.29, 0.717) is 0 Å². The van der Waals surface area contributed by atoms with Crippen molar-refractivity contribution >= 4 is 10.1 Å². The molecule has 1 heterocycles. The first-order chi connectivity index (χ1) is 10.1. The second-order valence-electron chi connectivity index (χ2n) is 4.88. The summed E-state index contributed by atoms with van der Waals surface area (Å²) in [6.07, 6.45) is 10.2. The van der Waals surface area contributed by atoms with Crippen LogP contribution >= 0.6 is 0 Å². The summed E-state index contributed by atoms with van der Waals surface area (Å²) >= 11 is 0. The van der Waals surface area contributed by atoms with E-state index < -0.39 is 15.6 Å². The number of alkyl halides is 3. The van der Waals surface area contributed by atoms with Crippen molar-refractivity contribution in [1.29, 1.82) is 0 Å². The van der Waals surface area contributed by atoms with Gasteiger partial charge in [0, 0.05) is 18.4 Å². The fraction of sp³-hybridized carbons (Fsp3) is 0.714. The minimum atomic E-state index is -5.84. The number of hydrogen-bond acceptors (Lipinski definition) is 2. The SMILES string of the molecule is CCCCCCCn1cccc1CC.O=S(=O)(O)C(F)(F)F. The van der Waals surface area contributed by atoms with Gasteiger partial charge in [-0.3, -0.25) is 4.55 Å². The number of unbranched alkanes of at least 4 members (excludes halogenated alkanes) is 4. The fourth-order valence-electron chi connectivity index (χ4n) is 1.87. The van der Waals surface area contributed by atoms with E-state index in [0.717, 1.165) is 6.42 Å². The van der Waals surface area contributed by atoms with Crippen molar-refractivity contribution in [2.75, 3.05) is 0 Å². The number of rotatable bonds is 7. The zero-order valence-electron chi connectivity index (χ0n) is 12.9. The van der Waals surface area contributed by atoms with Crippen LogP contribution in [0.15, 0.2) is 18.3 Å². The summed E-state index contributed by atoms with van der Waals surface area (Å²) in [4.78, 5) is 0. The number of halogens is 3. The van der Waals surface area contributed by atoms with Crippen LogP contribution in [-0.2, 0) is 23.1 Å². The smallest absolute Gasteiger partial charge is 0.351 e. The second kappa shape index (κ2) is 9.89. The van der Waals surface area contributed by atoms with Crippen LogP contribution in [0.5, 0.6) is 0 Å². The lowest BCUT2D eigenvalue weighted by Crippen LogP contribution is -2.21. The Morgan fingerprint density at radius 1 is 1.14 bits per heavy atom. The van der Waals surface area contributed by atoms with Gasteiger partial charge < -0.3 is 4.57 Å². The van der Waals surface area contributed by atoms with E-state index in [1.807, 2.05) is 0 Å². The minimum Gasteiger partial charge on any atom is -0.351 e. The van der Waals surface area contributed by atoms with Gasteiger partial charge >= 0.3 is 15.6 Å². The molecule has 1 rings (SSSR count). The number of aryl methyl sites for hydroxylation is 2. The zero-order chi connectivity index (χ0) is 17.2. The van der Waals surface area contributed by atoms with E-state index in [-0.39, 0.29) is 0 Å². The summed E-state index contributed by atoms with van der Waals surface area (Å²) < 4.78 is 59.9. The van der Waals surface area contributed by atoms with Crippen LogP contribution in [0.2, 0.25) is 0 Å². The molecule has 4 nitrogen and oxygen atoms in total. The van der Waals surface area contributed by atoms with Gasteiger partial charge in [-0.25, -0.2) is 0 Å². The van der Waals surface area contributed by atoms with Crippen LogP contribution in [0.25, 0.3) is 0 Å². The molecule has 0 aliphatic heterocycles. The third-order valence-corrected chi connectivity index (χ3v) is 3.67. The van der Waals surface area contributed by atoms with Gasteiger partial charge in [-0.1, -0.05) is 39.5 Å². The highest BCUT2D eigenvalue weighted by Gasteiger charge is 2.44. The molecule has 1 aromatic rings. The molecule has 1 aromatic heterocycles. The molecule has 0 bridgehead atoms. The molecule has 8 heteroatoms. The normalized spacial score (nSPS) is 11.9. The molecule has 0 radical (unpaired) electrons. The summed E-state index contributed by atoms with van der Waals surface area (Å²) in [6.45, 7) is 5.70. The predicted octanol–water partition coefficient (Wildman–Crippen LogP) is 4.41. The Labute approximate surface area is 130 Å². The standard InChI is InChI=1S/C13H23N.CHF3O3S/c1-3-5-6-7-8-11-14-12-9-10-13(14)4-2;2-1(3,4)8(5,6)7/h9-10,12H,3-8,11H2,1-2H3;(H,5,6,7). The Hall–Kier alpha value is -1.02. The Kier molecular flexibility index (Phi) is 9.43. The second-order valence-corrected chi connectivity index (χ2v) is 6.29. The first-order valence-corrected chi connectivity index (χ1v) is 8.75. The van der Waals surface area contributed by atoms with Crippen molar-refractivity contribution in [1.82, 2.24) is 4.57 Å². The highest BCUT2D eigenvalue weighted by Crippen LogP contribution is 2.20. The van der Waals surface area contributed by atoms with E-state index in [2.05, 4.69) is 36.7 Å². The molecule has 0 atom stereocenters. The number of hydrogen-bond donors (Lipinski definition) is 1. The molecular formula is C14H24F3NO3S. The Morgan fingerprint density at radius 3 is 2.14 bits per heavy atom. The molecule has 0 aromatic carbocycles. The molecule has 0 amide bonds. The van der Waals surface area contributed by atoms with Crippen molar-refractivity contribution < 1.29 is 26.1 Å². The van der Waals surface area contributed by atoms with Crippen LogP contribution in [0.3, 0.4) is 0 Å². The van der Waals surface area contributed by atoms with Gasteiger partial charge in [-0.2, -0.15) is 21.6 Å². The zero-order valence-corrected chi connectivity index (χ0v) is 13.8. The highest BCUT2D eigenvalue weighted by atomic mass is 32.2.